The van der Waals surface area contributed by atoms with Crippen molar-refractivity contribution in [1.82, 2.24) is 20.1 Å². The lowest BCUT2D eigenvalue weighted by atomic mass is 10.2. The van der Waals surface area contributed by atoms with E-state index in [1.807, 2.05) is 4.57 Å². The molecule has 2 atom stereocenters. The summed E-state index contributed by atoms with van der Waals surface area (Å²) in [5, 5.41) is 11.4. The monoisotopic (exact) mass is 270 g/mol. The molecule has 0 aliphatic heterocycles. The van der Waals surface area contributed by atoms with Crippen LogP contribution in [0.25, 0.3) is 0 Å². The number of nitrogens with zero attached hydrogens (tertiary/aromatic N) is 2. The molecule has 5 nitrogen and oxygen atoms in total. The predicted octanol–water partition coefficient (Wildman–Crippen LogP) is 1.77. The van der Waals surface area contributed by atoms with Crippen molar-refractivity contribution in [2.45, 2.75) is 62.5 Å². The van der Waals surface area contributed by atoms with Crippen molar-refractivity contribution in [3.05, 3.63) is 10.5 Å². The van der Waals surface area contributed by atoms with Crippen molar-refractivity contribution >= 4 is 11.8 Å². The van der Waals surface area contributed by atoms with E-state index in [1.165, 1.54) is 0 Å². The lowest BCUT2D eigenvalue weighted by Gasteiger charge is -2.20. The molecule has 2 rings (SSSR count). The quantitative estimate of drug-likeness (QED) is 0.741. The number of aromatic nitrogens is 3. The highest BCUT2D eigenvalue weighted by molar-refractivity contribution is 7.99. The smallest absolute Gasteiger partial charge is 0.313 e. The van der Waals surface area contributed by atoms with Gasteiger partial charge in [-0.1, -0.05) is 25.6 Å². The number of thioether (sulfide) groups is 1. The first-order valence-electron chi connectivity index (χ1n) is 6.70. The van der Waals surface area contributed by atoms with Gasteiger partial charge in [0.25, 0.3) is 0 Å². The Labute approximate surface area is 112 Å². The summed E-state index contributed by atoms with van der Waals surface area (Å²) in [6.45, 7) is 7.55. The van der Waals surface area contributed by atoms with Crippen LogP contribution in [0.4, 0.5) is 0 Å². The minimum atomic E-state index is -0.0682. The molecule has 1 aromatic rings. The maximum Gasteiger partial charge on any atom is 0.344 e. The minimum absolute atomic E-state index is 0.0682. The zero-order chi connectivity index (χ0) is 13.1. The minimum Gasteiger partial charge on any atom is -0.313 e. The Kier molecular flexibility index (Phi) is 4.50. The summed E-state index contributed by atoms with van der Waals surface area (Å²) in [5.74, 6) is 0. The molecule has 0 amide bonds. The summed E-state index contributed by atoms with van der Waals surface area (Å²) in [6, 6.07) is 0.791. The third-order valence-electron chi connectivity index (χ3n) is 3.30. The lowest BCUT2D eigenvalue weighted by Crippen LogP contribution is -2.34. The summed E-state index contributed by atoms with van der Waals surface area (Å²) >= 11 is 1.68. The maximum atomic E-state index is 11.7. The van der Waals surface area contributed by atoms with E-state index in [-0.39, 0.29) is 5.69 Å². The van der Waals surface area contributed by atoms with Crippen molar-refractivity contribution in [3.63, 3.8) is 0 Å². The van der Waals surface area contributed by atoms with Gasteiger partial charge in [0.2, 0.25) is 0 Å². The second-order valence-electron chi connectivity index (χ2n) is 4.98. The SMILES string of the molecule is CCCNC(C)C(C)Sc1n[nH]c(=O)n1C1CC1. The average Bonchev–Trinajstić information content (AvgIpc) is 3.12. The maximum absolute atomic E-state index is 11.7. The van der Waals surface area contributed by atoms with Crippen LogP contribution in [0.3, 0.4) is 0 Å². The Hall–Kier alpha value is -0.750. The van der Waals surface area contributed by atoms with Gasteiger partial charge in [-0.05, 0) is 32.7 Å². The molecule has 1 heterocycles. The third-order valence-corrected chi connectivity index (χ3v) is 4.57. The Morgan fingerprint density at radius 2 is 2.28 bits per heavy atom. The normalized spacial score (nSPS) is 18.8. The number of nitrogens with one attached hydrogen (secondary N) is 2. The summed E-state index contributed by atoms with van der Waals surface area (Å²) in [6.07, 6.45) is 3.34. The van der Waals surface area contributed by atoms with Gasteiger partial charge in [-0.2, -0.15) is 0 Å². The van der Waals surface area contributed by atoms with Crippen molar-refractivity contribution in [3.8, 4) is 0 Å². The molecule has 2 N–H and O–H groups in total. The summed E-state index contributed by atoms with van der Waals surface area (Å²) in [5.41, 5.74) is -0.0682. The zero-order valence-corrected chi connectivity index (χ0v) is 12.1. The van der Waals surface area contributed by atoms with E-state index in [9.17, 15) is 4.79 Å². The molecule has 102 valence electrons. The molecule has 2 unspecified atom stereocenters. The fraction of sp³-hybridized carbons (Fsp3) is 0.833. The largest absolute Gasteiger partial charge is 0.344 e. The number of H-pyrrole nitrogens is 1. The first-order valence-corrected chi connectivity index (χ1v) is 7.58. The van der Waals surface area contributed by atoms with Crippen molar-refractivity contribution in [2.24, 2.45) is 0 Å². The standard InChI is InChI=1S/C12H22N4OS/c1-4-7-13-8(2)9(3)18-12-15-14-11(17)16(12)10-5-6-10/h8-10,13H,4-7H2,1-3H3,(H,14,17). The fourth-order valence-electron chi connectivity index (χ4n) is 1.83. The highest BCUT2D eigenvalue weighted by Gasteiger charge is 2.29. The van der Waals surface area contributed by atoms with Crippen LogP contribution >= 0.6 is 11.8 Å². The topological polar surface area (TPSA) is 62.7 Å². The van der Waals surface area contributed by atoms with E-state index in [0.717, 1.165) is 31.0 Å². The van der Waals surface area contributed by atoms with Gasteiger partial charge in [0.05, 0.1) is 0 Å². The summed E-state index contributed by atoms with van der Waals surface area (Å²) in [7, 11) is 0. The number of rotatable bonds is 7. The van der Waals surface area contributed by atoms with Crippen molar-refractivity contribution < 1.29 is 0 Å². The van der Waals surface area contributed by atoms with Gasteiger partial charge in [-0.25, -0.2) is 9.89 Å². The molecular formula is C12H22N4OS. The molecule has 0 bridgehead atoms. The van der Waals surface area contributed by atoms with Crippen LogP contribution in [0.15, 0.2) is 9.95 Å². The molecule has 0 spiro atoms. The molecule has 1 aliphatic rings. The number of hydrogen-bond acceptors (Lipinski definition) is 4. The van der Waals surface area contributed by atoms with E-state index >= 15 is 0 Å². The molecule has 0 saturated heterocycles. The van der Waals surface area contributed by atoms with Crippen LogP contribution < -0.4 is 11.0 Å². The van der Waals surface area contributed by atoms with E-state index in [4.69, 9.17) is 0 Å². The van der Waals surface area contributed by atoms with E-state index in [0.29, 0.717) is 17.3 Å². The molecular weight excluding hydrogens is 248 g/mol. The van der Waals surface area contributed by atoms with Gasteiger partial charge in [0, 0.05) is 17.3 Å². The van der Waals surface area contributed by atoms with Crippen LogP contribution in [-0.4, -0.2) is 32.6 Å². The lowest BCUT2D eigenvalue weighted by molar-refractivity contribution is 0.539. The molecule has 18 heavy (non-hydrogen) atoms. The number of hydrogen-bond donors (Lipinski definition) is 2. The molecule has 6 heteroatoms. The van der Waals surface area contributed by atoms with Gasteiger partial charge in [-0.15, -0.1) is 5.10 Å². The third kappa shape index (κ3) is 3.17. The van der Waals surface area contributed by atoms with Crippen LogP contribution in [0.5, 0.6) is 0 Å². The highest BCUT2D eigenvalue weighted by Crippen LogP contribution is 2.37. The Balaban J connectivity index is 1.98. The highest BCUT2D eigenvalue weighted by atomic mass is 32.2. The van der Waals surface area contributed by atoms with Gasteiger partial charge < -0.3 is 5.32 Å². The van der Waals surface area contributed by atoms with Gasteiger partial charge in [0.1, 0.15) is 0 Å². The predicted molar refractivity (Wildman–Crippen MR) is 74.2 cm³/mol. The van der Waals surface area contributed by atoms with Gasteiger partial charge >= 0.3 is 5.69 Å². The fourth-order valence-corrected chi connectivity index (χ4v) is 2.91. The van der Waals surface area contributed by atoms with Crippen LogP contribution in [0, 0.1) is 0 Å². The molecule has 0 aromatic carbocycles. The molecule has 0 radical (unpaired) electrons. The number of aromatic amines is 1. The van der Waals surface area contributed by atoms with Crippen LogP contribution in [-0.2, 0) is 0 Å². The Morgan fingerprint density at radius 1 is 1.56 bits per heavy atom. The molecule has 1 saturated carbocycles. The molecule has 1 aliphatic carbocycles. The Bertz CT molecular complexity index is 438. The second-order valence-corrected chi connectivity index (χ2v) is 6.32. The average molecular weight is 270 g/mol. The molecule has 1 fully saturated rings. The van der Waals surface area contributed by atoms with E-state index < -0.39 is 0 Å². The molecule has 1 aromatic heterocycles. The van der Waals surface area contributed by atoms with Gasteiger partial charge in [-0.3, -0.25) is 4.57 Å². The van der Waals surface area contributed by atoms with E-state index in [1.54, 1.807) is 11.8 Å². The van der Waals surface area contributed by atoms with Crippen LogP contribution in [0.2, 0.25) is 0 Å². The van der Waals surface area contributed by atoms with Crippen molar-refractivity contribution in [2.75, 3.05) is 6.54 Å². The summed E-state index contributed by atoms with van der Waals surface area (Å²) in [4.78, 5) is 11.7. The Morgan fingerprint density at radius 3 is 2.89 bits per heavy atom. The first kappa shape index (κ1) is 13.7. The zero-order valence-electron chi connectivity index (χ0n) is 11.3. The summed E-state index contributed by atoms with van der Waals surface area (Å²) < 4.78 is 1.81. The van der Waals surface area contributed by atoms with E-state index in [2.05, 4.69) is 36.3 Å². The van der Waals surface area contributed by atoms with Gasteiger partial charge in [0.15, 0.2) is 5.16 Å². The van der Waals surface area contributed by atoms with Crippen molar-refractivity contribution in [1.29, 1.82) is 0 Å². The van der Waals surface area contributed by atoms with Crippen LogP contribution in [0.1, 0.15) is 46.1 Å². The second kappa shape index (κ2) is 5.93. The first-order chi connectivity index (χ1) is 8.63.